The molecule has 0 bridgehead atoms. The number of rotatable bonds is 55. The number of carbonyl (C=O) groups excluding carboxylic acids is 3. The van der Waals surface area contributed by atoms with Crippen molar-refractivity contribution in [2.24, 2.45) is 0 Å². The molecular weight excluding hydrogens is 817 g/mol. The molecule has 1 atom stereocenters. The van der Waals surface area contributed by atoms with E-state index in [9.17, 15) is 14.4 Å². The molecule has 0 radical (unpaired) electrons. The molecule has 0 aromatic rings. The molecule has 0 rings (SSSR count). The van der Waals surface area contributed by atoms with Crippen LogP contribution in [0.4, 0.5) is 0 Å². The van der Waals surface area contributed by atoms with Gasteiger partial charge in [-0.1, -0.05) is 283 Å². The van der Waals surface area contributed by atoms with E-state index in [2.05, 4.69) is 32.9 Å². The van der Waals surface area contributed by atoms with Crippen molar-refractivity contribution >= 4 is 17.9 Å². The zero-order chi connectivity index (χ0) is 47.9. The lowest BCUT2D eigenvalue weighted by Crippen LogP contribution is -2.30. The number of ether oxygens (including phenoxy) is 3. The van der Waals surface area contributed by atoms with Crippen molar-refractivity contribution in [1.82, 2.24) is 0 Å². The number of esters is 3. The van der Waals surface area contributed by atoms with Crippen molar-refractivity contribution in [3.8, 4) is 0 Å². The van der Waals surface area contributed by atoms with Gasteiger partial charge in [0, 0.05) is 19.3 Å². The van der Waals surface area contributed by atoms with Crippen molar-refractivity contribution in [2.45, 2.75) is 341 Å². The molecule has 0 fully saturated rings. The lowest BCUT2D eigenvalue weighted by Gasteiger charge is -2.18. The summed E-state index contributed by atoms with van der Waals surface area (Å²) in [4.78, 5) is 38.2. The van der Waals surface area contributed by atoms with Crippen molar-refractivity contribution < 1.29 is 28.6 Å². The van der Waals surface area contributed by atoms with Crippen LogP contribution in [-0.2, 0) is 28.6 Å². The minimum absolute atomic E-state index is 0.0672. The Hall–Kier alpha value is -1.85. The maximum absolute atomic E-state index is 12.9. The Kier molecular flexibility index (Phi) is 54.2. The molecule has 0 saturated heterocycles. The molecule has 6 heteroatoms. The van der Waals surface area contributed by atoms with Gasteiger partial charge in [0.1, 0.15) is 13.2 Å². The molecule has 0 spiro atoms. The molecule has 0 aliphatic rings. The first kappa shape index (κ1) is 64.2. The van der Waals surface area contributed by atoms with Gasteiger partial charge in [-0.25, -0.2) is 0 Å². The fraction of sp³-hybridized carbons (Fsp3) is 0.917. The van der Waals surface area contributed by atoms with E-state index in [4.69, 9.17) is 14.2 Å². The van der Waals surface area contributed by atoms with Crippen LogP contribution in [0.3, 0.4) is 0 Å². The Morgan fingerprint density at radius 1 is 0.288 bits per heavy atom. The number of unbranched alkanes of at least 4 members (excludes halogenated alkanes) is 42. The first-order chi connectivity index (χ1) is 32.5. The Balaban J connectivity index is 4.32. The fourth-order valence-electron chi connectivity index (χ4n) is 9.03. The van der Waals surface area contributed by atoms with Crippen molar-refractivity contribution in [2.75, 3.05) is 13.2 Å². The summed E-state index contributed by atoms with van der Waals surface area (Å²) in [6, 6.07) is 0. The first-order valence-corrected chi connectivity index (χ1v) is 29.7. The molecule has 6 nitrogen and oxygen atoms in total. The Morgan fingerprint density at radius 3 is 0.758 bits per heavy atom. The Morgan fingerprint density at radius 2 is 0.500 bits per heavy atom. The summed E-state index contributed by atoms with van der Waals surface area (Å²) in [5.74, 6) is -0.849. The third-order valence-electron chi connectivity index (χ3n) is 13.5. The number of hydrogen-bond acceptors (Lipinski definition) is 6. The highest BCUT2D eigenvalue weighted by molar-refractivity contribution is 5.71. The normalized spacial score (nSPS) is 12.0. The van der Waals surface area contributed by atoms with Gasteiger partial charge in [0.05, 0.1) is 0 Å². The monoisotopic (exact) mass is 931 g/mol. The van der Waals surface area contributed by atoms with Gasteiger partial charge in [0.25, 0.3) is 0 Å². The molecule has 0 aliphatic heterocycles. The number of carbonyl (C=O) groups is 3. The largest absolute Gasteiger partial charge is 0.462 e. The highest BCUT2D eigenvalue weighted by Crippen LogP contribution is 2.17. The summed E-state index contributed by atoms with van der Waals surface area (Å²) in [6.07, 6.45) is 63.4. The zero-order valence-electron chi connectivity index (χ0n) is 44.7. The van der Waals surface area contributed by atoms with Crippen LogP contribution in [0.2, 0.25) is 0 Å². The van der Waals surface area contributed by atoms with Gasteiger partial charge in [-0.3, -0.25) is 14.4 Å². The molecule has 390 valence electrons. The van der Waals surface area contributed by atoms with Gasteiger partial charge in [0.2, 0.25) is 0 Å². The third-order valence-corrected chi connectivity index (χ3v) is 13.5. The third kappa shape index (κ3) is 53.1. The van der Waals surface area contributed by atoms with E-state index in [1.54, 1.807) is 0 Å². The molecule has 0 amide bonds. The van der Waals surface area contributed by atoms with Crippen molar-refractivity contribution in [3.05, 3.63) is 12.2 Å². The van der Waals surface area contributed by atoms with Crippen LogP contribution < -0.4 is 0 Å². The summed E-state index contributed by atoms with van der Waals surface area (Å²) in [7, 11) is 0. The lowest BCUT2D eigenvalue weighted by atomic mass is 10.0. The Bertz CT molecular complexity index is 1020. The molecule has 0 N–H and O–H groups in total. The van der Waals surface area contributed by atoms with Gasteiger partial charge < -0.3 is 14.2 Å². The zero-order valence-corrected chi connectivity index (χ0v) is 44.7. The first-order valence-electron chi connectivity index (χ1n) is 29.7. The van der Waals surface area contributed by atoms with Gasteiger partial charge in [-0.2, -0.15) is 0 Å². The standard InChI is InChI=1S/C60H114O6/c1-4-7-10-13-16-19-22-25-28-30-33-35-38-41-44-47-50-53-59(62)65-56-57(55-64-58(61)52-49-46-43-40-37-34-31-27-24-21-18-15-12-9-6-3)66-60(63)54-51-48-45-42-39-36-32-29-26-23-20-17-14-11-8-5-2/h29,32,57H,4-28,30-31,33-56H2,1-3H3/b32-29-. The molecule has 0 aromatic heterocycles. The summed E-state index contributed by atoms with van der Waals surface area (Å²) in [5, 5.41) is 0. The van der Waals surface area contributed by atoms with Gasteiger partial charge in [-0.05, 0) is 44.9 Å². The topological polar surface area (TPSA) is 78.9 Å². The Labute approximate surface area is 411 Å². The molecule has 0 saturated carbocycles. The van der Waals surface area contributed by atoms with Crippen LogP contribution in [0.15, 0.2) is 12.2 Å². The predicted molar refractivity (Wildman–Crippen MR) is 284 cm³/mol. The van der Waals surface area contributed by atoms with E-state index < -0.39 is 6.10 Å². The maximum atomic E-state index is 12.9. The van der Waals surface area contributed by atoms with Crippen LogP contribution in [0.5, 0.6) is 0 Å². The van der Waals surface area contributed by atoms with Gasteiger partial charge in [0.15, 0.2) is 6.10 Å². The van der Waals surface area contributed by atoms with E-state index in [0.717, 1.165) is 64.2 Å². The van der Waals surface area contributed by atoms with Crippen molar-refractivity contribution in [3.63, 3.8) is 0 Å². The highest BCUT2D eigenvalue weighted by Gasteiger charge is 2.19. The van der Waals surface area contributed by atoms with Gasteiger partial charge in [-0.15, -0.1) is 0 Å². The minimum atomic E-state index is -0.769. The molecule has 0 aliphatic carbocycles. The van der Waals surface area contributed by atoms with E-state index in [0.29, 0.717) is 19.3 Å². The van der Waals surface area contributed by atoms with Crippen LogP contribution in [0, 0.1) is 0 Å². The van der Waals surface area contributed by atoms with Crippen LogP contribution in [0.25, 0.3) is 0 Å². The fourth-order valence-corrected chi connectivity index (χ4v) is 9.03. The summed E-state index contributed by atoms with van der Waals surface area (Å²) >= 11 is 0. The average molecular weight is 932 g/mol. The quantitative estimate of drug-likeness (QED) is 0.0262. The highest BCUT2D eigenvalue weighted by atomic mass is 16.6. The van der Waals surface area contributed by atoms with E-state index >= 15 is 0 Å². The second-order valence-corrected chi connectivity index (χ2v) is 20.3. The SMILES string of the molecule is CCCCCCCCC/C=C\CCCCCCCC(=O)OC(COC(=O)CCCCCCCCCCCCCCCCC)COC(=O)CCCCCCCCCCCCCCCCCCC. The number of allylic oxidation sites excluding steroid dienone is 2. The lowest BCUT2D eigenvalue weighted by molar-refractivity contribution is -0.167. The number of hydrogen-bond donors (Lipinski definition) is 0. The van der Waals surface area contributed by atoms with E-state index in [-0.39, 0.29) is 31.1 Å². The average Bonchev–Trinajstić information content (AvgIpc) is 3.31. The predicted octanol–water partition coefficient (Wildman–Crippen LogP) is 19.7. The summed E-state index contributed by atoms with van der Waals surface area (Å²) < 4.78 is 16.9. The molecule has 66 heavy (non-hydrogen) atoms. The second kappa shape index (κ2) is 55.7. The summed E-state index contributed by atoms with van der Waals surface area (Å²) in [6.45, 7) is 6.69. The van der Waals surface area contributed by atoms with Crippen LogP contribution in [0.1, 0.15) is 335 Å². The molecule has 0 heterocycles. The van der Waals surface area contributed by atoms with E-state index in [1.165, 1.54) is 231 Å². The molecule has 1 unspecified atom stereocenters. The minimum Gasteiger partial charge on any atom is -0.462 e. The van der Waals surface area contributed by atoms with E-state index in [1.807, 2.05) is 0 Å². The maximum Gasteiger partial charge on any atom is 0.306 e. The molecular formula is C60H114O6. The van der Waals surface area contributed by atoms with Crippen LogP contribution in [-0.4, -0.2) is 37.2 Å². The molecule has 0 aromatic carbocycles. The smallest absolute Gasteiger partial charge is 0.306 e. The summed E-state index contributed by atoms with van der Waals surface area (Å²) in [5.41, 5.74) is 0. The van der Waals surface area contributed by atoms with Gasteiger partial charge >= 0.3 is 17.9 Å². The second-order valence-electron chi connectivity index (χ2n) is 20.3. The van der Waals surface area contributed by atoms with Crippen molar-refractivity contribution in [1.29, 1.82) is 0 Å². The van der Waals surface area contributed by atoms with Crippen LogP contribution >= 0.6 is 0 Å².